The Morgan fingerprint density at radius 3 is 2.60 bits per heavy atom. The molecule has 1 saturated carbocycles. The normalized spacial score (nSPS) is 21.5. The fourth-order valence-electron chi connectivity index (χ4n) is 6.02. The number of fused-ring (bicyclic) bond motifs is 1. The average Bonchev–Trinajstić information content (AvgIpc) is 3.64. The van der Waals surface area contributed by atoms with E-state index in [9.17, 15) is 28.3 Å². The minimum absolute atomic E-state index is 0.174. The third-order valence-electron chi connectivity index (χ3n) is 8.42. The van der Waals surface area contributed by atoms with Gasteiger partial charge >= 0.3 is 6.18 Å². The lowest BCUT2D eigenvalue weighted by Crippen LogP contribution is -2.60. The summed E-state index contributed by atoms with van der Waals surface area (Å²) in [5, 5.41) is 25.5. The lowest BCUT2D eigenvalue weighted by atomic mass is 9.70. The van der Waals surface area contributed by atoms with E-state index in [1.165, 1.54) is 18.7 Å². The van der Waals surface area contributed by atoms with E-state index in [2.05, 4.69) is 36.0 Å². The molecule has 224 valence electrons. The second-order valence-corrected chi connectivity index (χ2v) is 11.7. The SMILES string of the molecule is CC(C)(O)c1cc(C(=O)N2CCN(C3CC(CC#N)(n4cc(-c5ccnc6[nH]ccc56)cn4)C3)CC2)nc(C(F)(F)F)n1. The number of aliphatic hydroxyl groups is 1. The van der Waals surface area contributed by atoms with Gasteiger partial charge in [0.15, 0.2) is 0 Å². The molecule has 0 atom stereocenters. The van der Waals surface area contributed by atoms with Gasteiger partial charge in [0.1, 0.15) is 16.9 Å². The number of rotatable bonds is 6. The second kappa shape index (κ2) is 10.4. The molecule has 4 aromatic rings. The maximum atomic E-state index is 13.4. The molecule has 1 aliphatic heterocycles. The van der Waals surface area contributed by atoms with Crippen molar-refractivity contribution in [3.63, 3.8) is 0 Å². The third kappa shape index (κ3) is 5.34. The van der Waals surface area contributed by atoms with E-state index in [-0.39, 0.29) is 11.7 Å². The van der Waals surface area contributed by atoms with Crippen LogP contribution in [-0.4, -0.2) is 82.8 Å². The number of H-pyrrole nitrogens is 1. The van der Waals surface area contributed by atoms with Crippen LogP contribution in [-0.2, 0) is 17.3 Å². The van der Waals surface area contributed by atoms with Crippen molar-refractivity contribution >= 4 is 16.9 Å². The number of nitrogens with one attached hydrogen (secondary N) is 1. The summed E-state index contributed by atoms with van der Waals surface area (Å²) in [5.41, 5.74) is -0.0751. The summed E-state index contributed by atoms with van der Waals surface area (Å²) < 4.78 is 42.2. The average molecular weight is 594 g/mol. The molecule has 0 unspecified atom stereocenters. The van der Waals surface area contributed by atoms with Gasteiger partial charge in [-0.15, -0.1) is 0 Å². The number of carbonyl (C=O) groups is 1. The Labute approximate surface area is 245 Å². The Bertz CT molecular complexity index is 1670. The number of amides is 1. The van der Waals surface area contributed by atoms with Crippen LogP contribution in [0.25, 0.3) is 22.2 Å². The molecule has 0 radical (unpaired) electrons. The fourth-order valence-corrected chi connectivity index (χ4v) is 6.02. The van der Waals surface area contributed by atoms with Crippen molar-refractivity contribution in [2.75, 3.05) is 26.2 Å². The van der Waals surface area contributed by atoms with Gasteiger partial charge in [-0.1, -0.05) is 0 Å². The summed E-state index contributed by atoms with van der Waals surface area (Å²) in [6.45, 7) is 4.28. The molecule has 11 nitrogen and oxygen atoms in total. The molecule has 2 N–H and O–H groups in total. The Morgan fingerprint density at radius 2 is 1.93 bits per heavy atom. The first kappa shape index (κ1) is 28.8. The Morgan fingerprint density at radius 1 is 1.19 bits per heavy atom. The van der Waals surface area contributed by atoms with E-state index in [1.54, 1.807) is 12.4 Å². The van der Waals surface area contributed by atoms with Crippen LogP contribution in [0.4, 0.5) is 13.2 Å². The Hall–Kier alpha value is -4.35. The van der Waals surface area contributed by atoms with Gasteiger partial charge in [0.2, 0.25) is 5.82 Å². The maximum Gasteiger partial charge on any atom is 0.451 e. The number of hydrogen-bond donors (Lipinski definition) is 2. The molecule has 1 aliphatic carbocycles. The molecular weight excluding hydrogens is 563 g/mol. The smallest absolute Gasteiger partial charge is 0.384 e. The highest BCUT2D eigenvalue weighted by atomic mass is 19.4. The van der Waals surface area contributed by atoms with Crippen molar-refractivity contribution in [2.45, 2.75) is 56.5 Å². The van der Waals surface area contributed by atoms with Crippen LogP contribution in [0, 0.1) is 11.3 Å². The third-order valence-corrected chi connectivity index (χ3v) is 8.42. The number of hydrogen-bond acceptors (Lipinski definition) is 8. The van der Waals surface area contributed by atoms with Crippen LogP contribution in [0.2, 0.25) is 0 Å². The Balaban J connectivity index is 1.13. The molecule has 5 heterocycles. The van der Waals surface area contributed by atoms with Gasteiger partial charge in [0, 0.05) is 61.8 Å². The van der Waals surface area contributed by atoms with Gasteiger partial charge in [-0.3, -0.25) is 14.4 Å². The molecule has 43 heavy (non-hydrogen) atoms. The summed E-state index contributed by atoms with van der Waals surface area (Å²) in [4.78, 5) is 31.3. The van der Waals surface area contributed by atoms with Crippen LogP contribution in [0.15, 0.2) is 43.0 Å². The number of nitriles is 1. The van der Waals surface area contributed by atoms with Crippen molar-refractivity contribution in [1.29, 1.82) is 5.26 Å². The van der Waals surface area contributed by atoms with Crippen molar-refractivity contribution < 1.29 is 23.1 Å². The number of alkyl halides is 3. The first-order valence-corrected chi connectivity index (χ1v) is 13.9. The summed E-state index contributed by atoms with van der Waals surface area (Å²) in [6, 6.07) is 7.53. The van der Waals surface area contributed by atoms with Gasteiger partial charge in [0.25, 0.3) is 5.91 Å². The second-order valence-electron chi connectivity index (χ2n) is 11.7. The molecule has 6 rings (SSSR count). The zero-order valence-corrected chi connectivity index (χ0v) is 23.6. The predicted octanol–water partition coefficient (Wildman–Crippen LogP) is 3.69. The van der Waals surface area contributed by atoms with Crippen LogP contribution in [0.5, 0.6) is 0 Å². The highest BCUT2D eigenvalue weighted by Gasteiger charge is 2.49. The molecule has 1 saturated heterocycles. The van der Waals surface area contributed by atoms with Crippen LogP contribution in [0.1, 0.15) is 55.1 Å². The largest absolute Gasteiger partial charge is 0.451 e. The van der Waals surface area contributed by atoms with Crippen molar-refractivity contribution in [3.8, 4) is 17.2 Å². The standard InChI is InChI=1S/C29H30F3N9O2/c1-27(2,43)23-13-22(37-26(38-23)29(30,31)32)25(42)40-11-9-39(10-12-40)19-14-28(15-19,5-6-33)41-17-18(16-36-41)20-3-7-34-24-21(20)4-8-35-24/h3-4,7-8,13,16-17,19,43H,5,9-12,14-15H2,1-2H3,(H,34,35). The number of pyridine rings is 1. The molecule has 2 aliphatic rings. The summed E-state index contributed by atoms with van der Waals surface area (Å²) in [5.74, 6) is -2.09. The molecule has 0 aromatic carbocycles. The molecule has 0 bridgehead atoms. The van der Waals surface area contributed by atoms with E-state index in [0.29, 0.717) is 45.4 Å². The fraction of sp³-hybridized carbons (Fsp3) is 0.448. The summed E-state index contributed by atoms with van der Waals surface area (Å²) in [7, 11) is 0. The first-order valence-electron chi connectivity index (χ1n) is 13.9. The number of halogens is 3. The number of aromatic amines is 1. The van der Waals surface area contributed by atoms with Crippen LogP contribution >= 0.6 is 0 Å². The molecule has 1 amide bonds. The van der Waals surface area contributed by atoms with Gasteiger partial charge in [-0.05, 0) is 50.5 Å². The topological polar surface area (TPSA) is 140 Å². The zero-order chi connectivity index (χ0) is 30.6. The van der Waals surface area contributed by atoms with E-state index < -0.39 is 34.7 Å². The maximum absolute atomic E-state index is 13.4. The van der Waals surface area contributed by atoms with Gasteiger partial charge < -0.3 is 15.0 Å². The van der Waals surface area contributed by atoms with Gasteiger partial charge in [0.05, 0.1) is 29.9 Å². The van der Waals surface area contributed by atoms with Gasteiger partial charge in [-0.2, -0.15) is 23.5 Å². The number of carbonyl (C=O) groups excluding carboxylic acids is 1. The lowest BCUT2D eigenvalue weighted by molar-refractivity contribution is -0.145. The number of aromatic nitrogens is 6. The minimum atomic E-state index is -4.86. The van der Waals surface area contributed by atoms with Crippen LogP contribution in [0.3, 0.4) is 0 Å². The monoisotopic (exact) mass is 593 g/mol. The van der Waals surface area contributed by atoms with Crippen LogP contribution < -0.4 is 0 Å². The zero-order valence-electron chi connectivity index (χ0n) is 23.6. The van der Waals surface area contributed by atoms with E-state index in [1.807, 2.05) is 29.2 Å². The molecular formula is C29H30F3N9O2. The highest BCUT2D eigenvalue weighted by molar-refractivity contribution is 5.93. The molecule has 4 aromatic heterocycles. The first-order chi connectivity index (χ1) is 20.4. The number of piperazine rings is 1. The molecule has 14 heteroatoms. The highest BCUT2D eigenvalue weighted by Crippen LogP contribution is 2.45. The van der Waals surface area contributed by atoms with Crippen molar-refractivity contribution in [3.05, 3.63) is 60.2 Å². The Kier molecular flexibility index (Phi) is 6.97. The van der Waals surface area contributed by atoms with E-state index in [0.717, 1.165) is 28.2 Å². The minimum Gasteiger partial charge on any atom is -0.384 e. The molecule has 0 spiro atoms. The summed E-state index contributed by atoms with van der Waals surface area (Å²) in [6.07, 6.45) is 4.22. The van der Waals surface area contributed by atoms with Gasteiger partial charge in [-0.25, -0.2) is 15.0 Å². The lowest BCUT2D eigenvalue weighted by Gasteiger charge is -2.52. The number of nitrogens with zero attached hydrogens (tertiary/aromatic N) is 8. The molecule has 2 fully saturated rings. The van der Waals surface area contributed by atoms with E-state index >= 15 is 0 Å². The quantitative estimate of drug-likeness (QED) is 0.345. The predicted molar refractivity (Wildman–Crippen MR) is 148 cm³/mol. The summed E-state index contributed by atoms with van der Waals surface area (Å²) >= 11 is 0. The van der Waals surface area contributed by atoms with E-state index in [4.69, 9.17) is 0 Å². The van der Waals surface area contributed by atoms with Crippen molar-refractivity contribution in [2.24, 2.45) is 0 Å². The van der Waals surface area contributed by atoms with Crippen molar-refractivity contribution in [1.82, 2.24) is 39.5 Å².